The first kappa shape index (κ1) is 16.9. The van der Waals surface area contributed by atoms with Crippen molar-refractivity contribution in [2.24, 2.45) is 5.92 Å². The molecule has 1 fully saturated rings. The Hall–Kier alpha value is -0.450. The summed E-state index contributed by atoms with van der Waals surface area (Å²) in [5.74, 6) is 0.476. The zero-order valence-electron chi connectivity index (χ0n) is 12.9. The van der Waals surface area contributed by atoms with Gasteiger partial charge in [-0.15, -0.1) is 0 Å². The number of benzene rings is 1. The molecule has 0 aromatic heterocycles. The lowest BCUT2D eigenvalue weighted by Gasteiger charge is -2.28. The second kappa shape index (κ2) is 8.25. The molecule has 4 heteroatoms. The van der Waals surface area contributed by atoms with Gasteiger partial charge in [0.25, 0.3) is 0 Å². The van der Waals surface area contributed by atoms with Crippen LogP contribution in [0.5, 0.6) is 0 Å². The van der Waals surface area contributed by atoms with Crippen LogP contribution < -0.4 is 5.32 Å². The summed E-state index contributed by atoms with van der Waals surface area (Å²) in [4.78, 5) is 0. The summed E-state index contributed by atoms with van der Waals surface area (Å²) in [6.07, 6.45) is 4.78. The summed E-state index contributed by atoms with van der Waals surface area (Å²) in [7, 11) is 0. The van der Waals surface area contributed by atoms with Gasteiger partial charge < -0.3 is 10.1 Å². The molecule has 2 rings (SSSR count). The van der Waals surface area contributed by atoms with Crippen LogP contribution in [0, 0.1) is 11.7 Å². The maximum Gasteiger partial charge on any atom is 0.137 e. The van der Waals surface area contributed by atoms with Gasteiger partial charge in [-0.3, -0.25) is 0 Å². The first-order valence-corrected chi connectivity index (χ1v) is 8.73. The lowest BCUT2D eigenvalue weighted by atomic mass is 9.98. The van der Waals surface area contributed by atoms with Crippen molar-refractivity contribution < 1.29 is 9.13 Å². The zero-order valence-corrected chi connectivity index (χ0v) is 14.5. The SMILES string of the molecule is CCCNC(Cc1ccc(F)c(Br)c1)C(OCC)C1CC1. The van der Waals surface area contributed by atoms with Gasteiger partial charge in [-0.2, -0.15) is 0 Å². The molecule has 2 atom stereocenters. The summed E-state index contributed by atoms with van der Waals surface area (Å²) in [6, 6.07) is 5.58. The average Bonchev–Trinajstić information content (AvgIpc) is 3.29. The lowest BCUT2D eigenvalue weighted by Crippen LogP contribution is -2.44. The van der Waals surface area contributed by atoms with E-state index in [0.717, 1.165) is 31.6 Å². The third-order valence-corrected chi connectivity index (χ3v) is 4.55. The van der Waals surface area contributed by atoms with Gasteiger partial charge in [0.1, 0.15) is 5.82 Å². The van der Waals surface area contributed by atoms with Crippen LogP contribution in [0.3, 0.4) is 0 Å². The van der Waals surface area contributed by atoms with E-state index < -0.39 is 0 Å². The zero-order chi connectivity index (χ0) is 15.2. The molecule has 0 bridgehead atoms. The Labute approximate surface area is 135 Å². The number of halogens is 2. The molecule has 21 heavy (non-hydrogen) atoms. The molecular weight excluding hydrogens is 333 g/mol. The van der Waals surface area contributed by atoms with Gasteiger partial charge in [0, 0.05) is 12.6 Å². The highest BCUT2D eigenvalue weighted by Crippen LogP contribution is 2.36. The van der Waals surface area contributed by atoms with Crippen LogP contribution >= 0.6 is 15.9 Å². The van der Waals surface area contributed by atoms with Crippen LogP contribution in [0.25, 0.3) is 0 Å². The molecule has 0 saturated heterocycles. The van der Waals surface area contributed by atoms with Crippen LogP contribution in [-0.2, 0) is 11.2 Å². The van der Waals surface area contributed by atoms with E-state index in [4.69, 9.17) is 4.74 Å². The van der Waals surface area contributed by atoms with Gasteiger partial charge in [-0.25, -0.2) is 4.39 Å². The van der Waals surface area contributed by atoms with Gasteiger partial charge >= 0.3 is 0 Å². The number of hydrogen-bond acceptors (Lipinski definition) is 2. The van der Waals surface area contributed by atoms with Crippen molar-refractivity contribution in [3.05, 3.63) is 34.1 Å². The average molecular weight is 358 g/mol. The Bertz CT molecular complexity index is 450. The van der Waals surface area contributed by atoms with Gasteiger partial charge in [0.2, 0.25) is 0 Å². The fourth-order valence-corrected chi connectivity index (χ4v) is 3.18. The molecule has 0 amide bonds. The minimum atomic E-state index is -0.208. The summed E-state index contributed by atoms with van der Waals surface area (Å²) in [6.45, 7) is 5.97. The van der Waals surface area contributed by atoms with Gasteiger partial charge in [-0.05, 0) is 78.7 Å². The maximum absolute atomic E-state index is 13.4. The first-order chi connectivity index (χ1) is 10.2. The molecule has 1 aliphatic rings. The Morgan fingerprint density at radius 2 is 2.14 bits per heavy atom. The normalized spacial score (nSPS) is 17.7. The third-order valence-electron chi connectivity index (χ3n) is 3.94. The first-order valence-electron chi connectivity index (χ1n) is 7.94. The minimum absolute atomic E-state index is 0.208. The lowest BCUT2D eigenvalue weighted by molar-refractivity contribution is 0.0192. The van der Waals surface area contributed by atoms with Crippen molar-refractivity contribution in [2.45, 2.75) is 51.7 Å². The Kier molecular flexibility index (Phi) is 6.65. The number of hydrogen-bond donors (Lipinski definition) is 1. The summed E-state index contributed by atoms with van der Waals surface area (Å²) < 4.78 is 19.9. The van der Waals surface area contributed by atoms with Crippen LogP contribution in [0.4, 0.5) is 4.39 Å². The highest BCUT2D eigenvalue weighted by molar-refractivity contribution is 9.10. The monoisotopic (exact) mass is 357 g/mol. The third kappa shape index (κ3) is 5.04. The van der Waals surface area contributed by atoms with Crippen LogP contribution in [-0.4, -0.2) is 25.3 Å². The predicted octanol–water partition coefficient (Wildman–Crippen LogP) is 4.31. The number of ether oxygens (including phenoxy) is 1. The molecule has 1 aromatic rings. The van der Waals surface area contributed by atoms with Crippen molar-refractivity contribution >= 4 is 15.9 Å². The van der Waals surface area contributed by atoms with E-state index in [-0.39, 0.29) is 11.9 Å². The van der Waals surface area contributed by atoms with Crippen molar-refractivity contribution in [3.63, 3.8) is 0 Å². The molecule has 0 aliphatic heterocycles. The second-order valence-corrected chi connectivity index (χ2v) is 6.62. The van der Waals surface area contributed by atoms with E-state index in [1.165, 1.54) is 18.9 Å². The van der Waals surface area contributed by atoms with Crippen LogP contribution in [0.15, 0.2) is 22.7 Å². The number of nitrogens with one attached hydrogen (secondary N) is 1. The molecule has 2 unspecified atom stereocenters. The summed E-state index contributed by atoms with van der Waals surface area (Å²) in [5.41, 5.74) is 1.14. The highest BCUT2D eigenvalue weighted by Gasteiger charge is 2.37. The molecule has 2 nitrogen and oxygen atoms in total. The molecule has 1 aromatic carbocycles. The molecule has 0 spiro atoms. The molecule has 1 N–H and O–H groups in total. The standard InChI is InChI=1S/C17H25BrFNO/c1-3-9-20-16(17(21-4-2)13-6-7-13)11-12-5-8-15(19)14(18)10-12/h5,8,10,13,16-17,20H,3-4,6-7,9,11H2,1-2H3. The fourth-order valence-electron chi connectivity index (χ4n) is 2.75. The predicted molar refractivity (Wildman–Crippen MR) is 88.0 cm³/mol. The van der Waals surface area contributed by atoms with E-state index in [1.807, 2.05) is 12.1 Å². The smallest absolute Gasteiger partial charge is 0.137 e. The molecule has 1 aliphatic carbocycles. The van der Waals surface area contributed by atoms with Gasteiger partial charge in [0.05, 0.1) is 10.6 Å². The quantitative estimate of drug-likeness (QED) is 0.710. The summed E-state index contributed by atoms with van der Waals surface area (Å²) in [5, 5.41) is 3.62. The van der Waals surface area contributed by atoms with Crippen molar-refractivity contribution in [3.8, 4) is 0 Å². The van der Waals surface area contributed by atoms with Crippen molar-refractivity contribution in [1.29, 1.82) is 0 Å². The molecule has 1 saturated carbocycles. The van der Waals surface area contributed by atoms with Crippen molar-refractivity contribution in [1.82, 2.24) is 5.32 Å². The molecule has 0 radical (unpaired) electrons. The van der Waals surface area contributed by atoms with Crippen LogP contribution in [0.2, 0.25) is 0 Å². The topological polar surface area (TPSA) is 21.3 Å². The van der Waals surface area contributed by atoms with E-state index in [1.54, 1.807) is 0 Å². The molecular formula is C17H25BrFNO. The number of rotatable bonds is 9. The molecule has 0 heterocycles. The van der Waals surface area contributed by atoms with E-state index in [0.29, 0.717) is 16.4 Å². The largest absolute Gasteiger partial charge is 0.377 e. The van der Waals surface area contributed by atoms with Crippen molar-refractivity contribution in [2.75, 3.05) is 13.2 Å². The summed E-state index contributed by atoms with van der Waals surface area (Å²) >= 11 is 3.27. The van der Waals surface area contributed by atoms with E-state index in [9.17, 15) is 4.39 Å². The fraction of sp³-hybridized carbons (Fsp3) is 0.647. The second-order valence-electron chi connectivity index (χ2n) is 5.77. The maximum atomic E-state index is 13.4. The molecule has 118 valence electrons. The Balaban J connectivity index is 2.08. The Morgan fingerprint density at radius 3 is 2.71 bits per heavy atom. The van der Waals surface area contributed by atoms with Gasteiger partial charge in [0.15, 0.2) is 0 Å². The Morgan fingerprint density at radius 1 is 1.38 bits per heavy atom. The minimum Gasteiger partial charge on any atom is -0.377 e. The van der Waals surface area contributed by atoms with Gasteiger partial charge in [-0.1, -0.05) is 13.0 Å². The van der Waals surface area contributed by atoms with E-state index >= 15 is 0 Å². The van der Waals surface area contributed by atoms with Crippen LogP contribution in [0.1, 0.15) is 38.7 Å². The highest BCUT2D eigenvalue weighted by atomic mass is 79.9. The van der Waals surface area contributed by atoms with E-state index in [2.05, 4.69) is 35.1 Å².